The number of allylic oxidation sites excluding steroid dienone is 3. The van der Waals surface area contributed by atoms with Crippen molar-refractivity contribution in [2.75, 3.05) is 32.0 Å². The van der Waals surface area contributed by atoms with Crippen molar-refractivity contribution in [2.24, 2.45) is 0 Å². The lowest BCUT2D eigenvalue weighted by Crippen LogP contribution is -2.37. The number of amides is 2. The van der Waals surface area contributed by atoms with Gasteiger partial charge in [0.25, 0.3) is 0 Å². The van der Waals surface area contributed by atoms with Gasteiger partial charge in [-0.3, -0.25) is 0 Å². The highest BCUT2D eigenvalue weighted by Crippen LogP contribution is 2.36. The van der Waals surface area contributed by atoms with Gasteiger partial charge in [-0.25, -0.2) is 31.2 Å². The molecule has 1 unspecified atom stereocenters. The first-order chi connectivity index (χ1) is 22.4. The summed E-state index contributed by atoms with van der Waals surface area (Å²) in [6.45, 7) is 1.53. The summed E-state index contributed by atoms with van der Waals surface area (Å²) in [5, 5.41) is 6.80. The molecule has 2 heterocycles. The SMILES string of the molecule is COC(=O)c1scc(NC(=O)Nc2cc(OCc3cccc4ccn(S(=O)(=O)C5(C)C=CC=CC5)c34)c(OC)cc2F)c1C(=O)OC. The Morgan fingerprint density at radius 2 is 1.74 bits per heavy atom. The van der Waals surface area contributed by atoms with Gasteiger partial charge < -0.3 is 29.6 Å². The second-order valence-electron chi connectivity index (χ2n) is 10.5. The molecule has 4 aromatic rings. The number of aromatic nitrogens is 1. The summed E-state index contributed by atoms with van der Waals surface area (Å²) in [5.41, 5.74) is 0.395. The first-order valence-corrected chi connectivity index (χ1v) is 16.3. The van der Waals surface area contributed by atoms with Crippen LogP contribution in [0.2, 0.25) is 0 Å². The number of rotatable bonds is 10. The maximum atomic E-state index is 15.1. The monoisotopic (exact) mass is 683 g/mol. The van der Waals surface area contributed by atoms with Gasteiger partial charge in [0, 0.05) is 34.7 Å². The molecule has 1 aliphatic rings. The molecular weight excluding hydrogens is 653 g/mol. The number of halogens is 1. The molecule has 2 aromatic carbocycles. The van der Waals surface area contributed by atoms with E-state index in [2.05, 4.69) is 15.4 Å². The first kappa shape index (κ1) is 33.2. The summed E-state index contributed by atoms with van der Waals surface area (Å²) in [7, 11) is -0.320. The fraction of sp³-hybridized carbons (Fsp3) is 0.219. The Hall–Kier alpha value is -5.15. The van der Waals surface area contributed by atoms with Crippen LogP contribution in [-0.2, 0) is 26.1 Å². The van der Waals surface area contributed by atoms with Crippen molar-refractivity contribution >= 4 is 61.6 Å². The smallest absolute Gasteiger partial charge is 0.349 e. The van der Waals surface area contributed by atoms with Crippen molar-refractivity contribution in [2.45, 2.75) is 24.7 Å². The zero-order chi connectivity index (χ0) is 33.9. The molecule has 5 rings (SSSR count). The highest BCUT2D eigenvalue weighted by Gasteiger charge is 2.39. The van der Waals surface area contributed by atoms with Crippen molar-refractivity contribution in [3.05, 3.63) is 94.1 Å². The topological polar surface area (TPSA) is 151 Å². The van der Waals surface area contributed by atoms with Gasteiger partial charge in [0.15, 0.2) is 17.3 Å². The number of benzene rings is 2. The maximum Gasteiger partial charge on any atom is 0.349 e. The number of para-hydroxylation sites is 1. The molecule has 246 valence electrons. The van der Waals surface area contributed by atoms with Crippen LogP contribution < -0.4 is 20.1 Å². The van der Waals surface area contributed by atoms with Gasteiger partial charge in [0.2, 0.25) is 10.0 Å². The van der Waals surface area contributed by atoms with Gasteiger partial charge in [-0.2, -0.15) is 0 Å². The minimum Gasteiger partial charge on any atom is -0.493 e. The van der Waals surface area contributed by atoms with Crippen molar-refractivity contribution in [1.29, 1.82) is 0 Å². The molecule has 0 bridgehead atoms. The molecule has 1 atom stereocenters. The lowest BCUT2D eigenvalue weighted by Gasteiger charge is -2.27. The van der Waals surface area contributed by atoms with Crippen LogP contribution in [-0.4, -0.2) is 56.4 Å². The highest BCUT2D eigenvalue weighted by molar-refractivity contribution is 7.91. The van der Waals surface area contributed by atoms with Crippen molar-refractivity contribution in [1.82, 2.24) is 3.97 Å². The summed E-state index contributed by atoms with van der Waals surface area (Å²) in [6.07, 6.45) is 8.79. The van der Waals surface area contributed by atoms with Gasteiger partial charge in [0.1, 0.15) is 21.8 Å². The van der Waals surface area contributed by atoms with E-state index in [1.807, 2.05) is 0 Å². The highest BCUT2D eigenvalue weighted by atomic mass is 32.2. The second-order valence-corrected chi connectivity index (χ2v) is 13.6. The first-order valence-electron chi connectivity index (χ1n) is 14.0. The van der Waals surface area contributed by atoms with Crippen LogP contribution in [0.25, 0.3) is 10.9 Å². The Morgan fingerprint density at radius 1 is 1.00 bits per heavy atom. The van der Waals surface area contributed by atoms with E-state index in [0.29, 0.717) is 22.9 Å². The summed E-state index contributed by atoms with van der Waals surface area (Å²) < 4.78 is 63.6. The zero-order valence-electron chi connectivity index (χ0n) is 25.7. The number of hydrogen-bond donors (Lipinski definition) is 2. The third-order valence-corrected chi connectivity index (χ3v) is 10.8. The quantitative estimate of drug-likeness (QED) is 0.189. The number of ether oxygens (including phenoxy) is 4. The Balaban J connectivity index is 1.41. The molecule has 0 radical (unpaired) electrons. The number of nitrogens with zero attached hydrogens (tertiary/aromatic N) is 1. The molecular formula is C32H30FN3O9S2. The molecule has 2 N–H and O–H groups in total. The summed E-state index contributed by atoms with van der Waals surface area (Å²) in [5.74, 6) is -2.48. The minimum absolute atomic E-state index is 0.0174. The van der Waals surface area contributed by atoms with Crippen LogP contribution in [0.15, 0.2) is 72.3 Å². The lowest BCUT2D eigenvalue weighted by molar-refractivity contribution is 0.0561. The van der Waals surface area contributed by atoms with Gasteiger partial charge in [-0.15, -0.1) is 11.3 Å². The number of fused-ring (bicyclic) bond motifs is 1. The summed E-state index contributed by atoms with van der Waals surface area (Å²) in [4.78, 5) is 37.3. The molecule has 47 heavy (non-hydrogen) atoms. The number of methoxy groups -OCH3 is 3. The van der Waals surface area contributed by atoms with Gasteiger partial charge in [-0.1, -0.05) is 42.5 Å². The number of carbonyl (C=O) groups excluding carboxylic acids is 3. The average molecular weight is 684 g/mol. The van der Waals surface area contributed by atoms with E-state index < -0.39 is 38.6 Å². The molecule has 0 saturated carbocycles. The van der Waals surface area contributed by atoms with Crippen LogP contribution in [0, 0.1) is 5.82 Å². The van der Waals surface area contributed by atoms with E-state index in [1.165, 1.54) is 28.7 Å². The van der Waals surface area contributed by atoms with Crippen molar-refractivity contribution in [3.8, 4) is 11.5 Å². The minimum atomic E-state index is -3.89. The standard InChI is InChI=1S/C32H30FN3O9S2/c1-32(12-6-5-7-13-32)47(40,41)36-14-11-19-9-8-10-20(27(19)36)17-45-25-16-22(21(33)15-24(25)42-2)34-31(39)35-23-18-46-28(30(38)44-4)26(23)29(37)43-3/h5-12,14-16,18H,13,17H2,1-4H3,(H2,34,35,39). The van der Waals surface area contributed by atoms with Crippen molar-refractivity contribution in [3.63, 3.8) is 0 Å². The number of esters is 2. The third-order valence-electron chi connectivity index (χ3n) is 7.51. The molecule has 15 heteroatoms. The normalized spacial score (nSPS) is 15.7. The lowest BCUT2D eigenvalue weighted by atomic mass is 10.0. The van der Waals surface area contributed by atoms with E-state index in [1.54, 1.807) is 55.5 Å². The Bertz CT molecular complexity index is 2050. The zero-order valence-corrected chi connectivity index (χ0v) is 27.3. The molecule has 0 spiro atoms. The molecule has 0 aliphatic heterocycles. The molecule has 0 fully saturated rings. The largest absolute Gasteiger partial charge is 0.493 e. The number of anilines is 2. The number of carbonyl (C=O) groups is 3. The number of urea groups is 1. The van der Waals surface area contributed by atoms with E-state index in [-0.39, 0.29) is 39.9 Å². The summed E-state index contributed by atoms with van der Waals surface area (Å²) >= 11 is 0.853. The molecule has 1 aliphatic carbocycles. The average Bonchev–Trinajstić information content (AvgIpc) is 3.69. The fourth-order valence-electron chi connectivity index (χ4n) is 5.01. The van der Waals surface area contributed by atoms with Crippen LogP contribution in [0.1, 0.15) is 38.9 Å². The molecule has 2 amide bonds. The van der Waals surface area contributed by atoms with Crippen LogP contribution in [0.5, 0.6) is 11.5 Å². The molecule has 2 aromatic heterocycles. The predicted octanol–water partition coefficient (Wildman–Crippen LogP) is 6.10. The number of thiophene rings is 1. The number of nitrogens with one attached hydrogen (secondary N) is 2. The van der Waals surface area contributed by atoms with Gasteiger partial charge in [-0.05, 0) is 19.4 Å². The molecule has 12 nitrogen and oxygen atoms in total. The van der Waals surface area contributed by atoms with Crippen LogP contribution in [0.3, 0.4) is 0 Å². The van der Waals surface area contributed by atoms with Gasteiger partial charge >= 0.3 is 18.0 Å². The van der Waals surface area contributed by atoms with Crippen molar-refractivity contribution < 1.29 is 46.1 Å². The molecule has 0 saturated heterocycles. The Morgan fingerprint density at radius 3 is 2.43 bits per heavy atom. The van der Waals surface area contributed by atoms with E-state index >= 15 is 4.39 Å². The van der Waals surface area contributed by atoms with Crippen LogP contribution >= 0.6 is 11.3 Å². The predicted molar refractivity (Wildman–Crippen MR) is 174 cm³/mol. The maximum absolute atomic E-state index is 15.1. The summed E-state index contributed by atoms with van der Waals surface area (Å²) in [6, 6.07) is 8.26. The number of hydrogen-bond acceptors (Lipinski definition) is 10. The van der Waals surface area contributed by atoms with Crippen LogP contribution in [0.4, 0.5) is 20.6 Å². The second kappa shape index (κ2) is 13.3. The van der Waals surface area contributed by atoms with E-state index in [9.17, 15) is 22.8 Å². The van der Waals surface area contributed by atoms with E-state index in [0.717, 1.165) is 31.6 Å². The Kier molecular flexibility index (Phi) is 9.40. The third kappa shape index (κ3) is 6.31. The van der Waals surface area contributed by atoms with E-state index in [4.69, 9.17) is 14.2 Å². The van der Waals surface area contributed by atoms with Gasteiger partial charge in [0.05, 0.1) is 38.2 Å². The fourth-order valence-corrected chi connectivity index (χ4v) is 7.60. The Labute approximate surface area is 273 Å².